The third-order valence-corrected chi connectivity index (χ3v) is 3.42. The molecule has 0 aromatic heterocycles. The van der Waals surface area contributed by atoms with Gasteiger partial charge in [-0.3, -0.25) is 0 Å². The van der Waals surface area contributed by atoms with Gasteiger partial charge in [-0.1, -0.05) is 18.6 Å². The molecule has 19 heavy (non-hydrogen) atoms. The van der Waals surface area contributed by atoms with E-state index in [4.69, 9.17) is 9.47 Å². The average Bonchev–Trinajstić information content (AvgIpc) is 2.76. The second kappa shape index (κ2) is 5.91. The quantitative estimate of drug-likeness (QED) is 0.472. The van der Waals surface area contributed by atoms with Gasteiger partial charge in [0.1, 0.15) is 0 Å². The number of hydrogen-bond acceptors (Lipinski definition) is 3. The fourth-order valence-corrected chi connectivity index (χ4v) is 2.38. The van der Waals surface area contributed by atoms with Gasteiger partial charge in [0.15, 0.2) is 11.5 Å². The molecule has 3 nitrogen and oxygen atoms in total. The van der Waals surface area contributed by atoms with Crippen LogP contribution in [0.15, 0.2) is 29.8 Å². The van der Waals surface area contributed by atoms with E-state index in [1.165, 1.54) is 5.57 Å². The number of esters is 1. The Morgan fingerprint density at radius 1 is 1.37 bits per heavy atom. The summed E-state index contributed by atoms with van der Waals surface area (Å²) in [6, 6.07) is 5.52. The monoisotopic (exact) mass is 260 g/mol. The van der Waals surface area contributed by atoms with Crippen LogP contribution in [0.25, 0.3) is 0 Å². The van der Waals surface area contributed by atoms with Crippen molar-refractivity contribution < 1.29 is 14.3 Å². The Hall–Kier alpha value is -1.77. The fraction of sp³-hybridized carbons (Fsp3) is 0.438. The summed E-state index contributed by atoms with van der Waals surface area (Å²) in [5.74, 6) is 1.42. The molecule has 1 unspecified atom stereocenters. The van der Waals surface area contributed by atoms with Crippen LogP contribution in [0.4, 0.5) is 0 Å². The second-order valence-corrected chi connectivity index (χ2v) is 5.23. The average molecular weight is 260 g/mol. The first-order valence-corrected chi connectivity index (χ1v) is 6.64. The highest BCUT2D eigenvalue weighted by atomic mass is 16.6. The van der Waals surface area contributed by atoms with Crippen LogP contribution in [-0.4, -0.2) is 13.1 Å². The molecule has 0 radical (unpaired) electrons. The molecule has 1 aliphatic carbocycles. The predicted molar refractivity (Wildman–Crippen MR) is 74.5 cm³/mol. The lowest BCUT2D eigenvalue weighted by Gasteiger charge is -2.08. The number of carbonyl (C=O) groups is 1. The van der Waals surface area contributed by atoms with Crippen LogP contribution in [0.2, 0.25) is 0 Å². The molecule has 0 heterocycles. The van der Waals surface area contributed by atoms with Crippen LogP contribution in [0.1, 0.15) is 31.7 Å². The summed E-state index contributed by atoms with van der Waals surface area (Å²) >= 11 is 0. The van der Waals surface area contributed by atoms with Crippen molar-refractivity contribution >= 4 is 5.97 Å². The predicted octanol–water partition coefficient (Wildman–Crippen LogP) is 3.66. The van der Waals surface area contributed by atoms with Crippen molar-refractivity contribution in [3.05, 3.63) is 35.4 Å². The number of carbonyl (C=O) groups excluding carboxylic acids is 1. The van der Waals surface area contributed by atoms with Crippen molar-refractivity contribution in [1.29, 1.82) is 0 Å². The minimum atomic E-state index is -0.314. The highest BCUT2D eigenvalue weighted by Gasteiger charge is 2.17. The summed E-state index contributed by atoms with van der Waals surface area (Å²) in [5, 5.41) is 0. The summed E-state index contributed by atoms with van der Waals surface area (Å²) in [7, 11) is 1.57. The van der Waals surface area contributed by atoms with E-state index in [0.29, 0.717) is 17.4 Å². The van der Waals surface area contributed by atoms with Crippen molar-refractivity contribution in [2.45, 2.75) is 33.1 Å². The molecule has 1 fully saturated rings. The van der Waals surface area contributed by atoms with Gasteiger partial charge in [-0.25, -0.2) is 4.79 Å². The Bertz CT molecular complexity index is 503. The molecule has 0 aliphatic heterocycles. The summed E-state index contributed by atoms with van der Waals surface area (Å²) in [6.07, 6.45) is 4.79. The Morgan fingerprint density at radius 2 is 2.16 bits per heavy atom. The lowest BCUT2D eigenvalue weighted by molar-refractivity contribution is -0.129. The van der Waals surface area contributed by atoms with E-state index in [0.717, 1.165) is 24.8 Å². The van der Waals surface area contributed by atoms with Crippen LogP contribution in [0.5, 0.6) is 11.5 Å². The lowest BCUT2D eigenvalue weighted by atomic mass is 10.1. The highest BCUT2D eigenvalue weighted by molar-refractivity contribution is 5.85. The van der Waals surface area contributed by atoms with Crippen molar-refractivity contribution in [2.24, 2.45) is 5.92 Å². The zero-order chi connectivity index (χ0) is 13.8. The minimum absolute atomic E-state index is 0.314. The molecule has 1 aliphatic rings. The number of aryl methyl sites for hydroxylation is 1. The van der Waals surface area contributed by atoms with Crippen LogP contribution < -0.4 is 9.47 Å². The number of methoxy groups -OCH3 is 1. The van der Waals surface area contributed by atoms with E-state index in [-0.39, 0.29) is 5.97 Å². The third kappa shape index (κ3) is 3.60. The topological polar surface area (TPSA) is 35.5 Å². The molecule has 2 rings (SSSR count). The second-order valence-electron chi connectivity index (χ2n) is 5.23. The molecule has 0 spiro atoms. The van der Waals surface area contributed by atoms with E-state index in [9.17, 15) is 4.79 Å². The lowest BCUT2D eigenvalue weighted by Crippen LogP contribution is -2.06. The molecule has 1 atom stereocenters. The van der Waals surface area contributed by atoms with E-state index in [2.05, 4.69) is 6.92 Å². The van der Waals surface area contributed by atoms with Gasteiger partial charge in [-0.15, -0.1) is 0 Å². The zero-order valence-corrected chi connectivity index (χ0v) is 11.7. The number of rotatable bonds is 3. The molecule has 1 aromatic rings. The van der Waals surface area contributed by atoms with Gasteiger partial charge in [0.2, 0.25) is 0 Å². The first-order chi connectivity index (χ1) is 9.08. The molecule has 3 heteroatoms. The summed E-state index contributed by atoms with van der Waals surface area (Å²) < 4.78 is 10.6. The number of ether oxygens (including phenoxy) is 2. The van der Waals surface area contributed by atoms with Crippen LogP contribution >= 0.6 is 0 Å². The van der Waals surface area contributed by atoms with E-state index < -0.39 is 0 Å². The van der Waals surface area contributed by atoms with Gasteiger partial charge < -0.3 is 9.47 Å². The van der Waals surface area contributed by atoms with Gasteiger partial charge in [-0.2, -0.15) is 0 Å². The van der Waals surface area contributed by atoms with Gasteiger partial charge in [0, 0.05) is 6.08 Å². The smallest absolute Gasteiger partial charge is 0.336 e. The Morgan fingerprint density at radius 3 is 2.79 bits per heavy atom. The molecular weight excluding hydrogens is 240 g/mol. The largest absolute Gasteiger partial charge is 0.493 e. The summed E-state index contributed by atoms with van der Waals surface area (Å²) in [6.45, 7) is 4.17. The number of allylic oxidation sites excluding steroid dienone is 1. The molecule has 1 aromatic carbocycles. The fourth-order valence-electron chi connectivity index (χ4n) is 2.38. The normalized spacial score (nSPS) is 20.6. The SMILES string of the molecule is COc1cc(C)ccc1OC(=O)/C=C1\CCC(C)C1. The summed E-state index contributed by atoms with van der Waals surface area (Å²) in [4.78, 5) is 11.9. The maximum Gasteiger partial charge on any atom is 0.336 e. The standard InChI is InChI=1S/C16H20O3/c1-11-4-6-13(8-11)10-16(17)19-14-7-5-12(2)9-15(14)18-3/h5,7,9-11H,4,6,8H2,1-3H3/b13-10+. The van der Waals surface area contributed by atoms with Gasteiger partial charge in [-0.05, 0) is 49.8 Å². The molecule has 0 saturated heterocycles. The molecule has 1 saturated carbocycles. The van der Waals surface area contributed by atoms with Crippen LogP contribution in [-0.2, 0) is 4.79 Å². The molecule has 0 bridgehead atoms. The molecular formula is C16H20O3. The third-order valence-electron chi connectivity index (χ3n) is 3.42. The van der Waals surface area contributed by atoms with Crippen molar-refractivity contribution in [3.8, 4) is 11.5 Å². The highest BCUT2D eigenvalue weighted by Crippen LogP contribution is 2.31. The zero-order valence-electron chi connectivity index (χ0n) is 11.7. The maximum atomic E-state index is 11.9. The Labute approximate surface area is 114 Å². The minimum Gasteiger partial charge on any atom is -0.493 e. The van der Waals surface area contributed by atoms with E-state index in [1.807, 2.05) is 19.1 Å². The summed E-state index contributed by atoms with van der Waals surface area (Å²) in [5.41, 5.74) is 2.25. The van der Waals surface area contributed by atoms with Crippen LogP contribution in [0, 0.1) is 12.8 Å². The van der Waals surface area contributed by atoms with Crippen molar-refractivity contribution in [2.75, 3.05) is 7.11 Å². The van der Waals surface area contributed by atoms with Crippen molar-refractivity contribution in [1.82, 2.24) is 0 Å². The molecule has 0 N–H and O–H groups in total. The molecule has 0 amide bonds. The van der Waals surface area contributed by atoms with E-state index >= 15 is 0 Å². The number of benzene rings is 1. The first kappa shape index (κ1) is 13.7. The van der Waals surface area contributed by atoms with Crippen LogP contribution in [0.3, 0.4) is 0 Å². The Balaban J connectivity index is 2.07. The van der Waals surface area contributed by atoms with Gasteiger partial charge >= 0.3 is 5.97 Å². The Kier molecular flexibility index (Phi) is 4.25. The van der Waals surface area contributed by atoms with Gasteiger partial charge in [0.05, 0.1) is 7.11 Å². The van der Waals surface area contributed by atoms with Gasteiger partial charge in [0.25, 0.3) is 0 Å². The van der Waals surface area contributed by atoms with Crippen molar-refractivity contribution in [3.63, 3.8) is 0 Å². The van der Waals surface area contributed by atoms with E-state index in [1.54, 1.807) is 19.3 Å². The maximum absolute atomic E-state index is 11.9. The first-order valence-electron chi connectivity index (χ1n) is 6.64. The molecule has 102 valence electrons. The number of hydrogen-bond donors (Lipinski definition) is 0.